The van der Waals surface area contributed by atoms with Crippen LogP contribution in [-0.4, -0.2) is 39.0 Å². The van der Waals surface area contributed by atoms with Crippen LogP contribution in [0.15, 0.2) is 0 Å². The average molecular weight is 330 g/mol. The number of rotatable bonds is 15. The SMILES string of the molecule is CCC(C)C(C)CNC(COCCC(C)C)COCCC(C)C. The lowest BCUT2D eigenvalue weighted by atomic mass is 9.93. The van der Waals surface area contributed by atoms with Gasteiger partial charge < -0.3 is 14.8 Å². The molecule has 0 bridgehead atoms. The van der Waals surface area contributed by atoms with E-state index in [1.54, 1.807) is 0 Å². The minimum atomic E-state index is 0.306. The summed E-state index contributed by atoms with van der Waals surface area (Å²) in [7, 11) is 0. The van der Waals surface area contributed by atoms with E-state index in [4.69, 9.17) is 9.47 Å². The van der Waals surface area contributed by atoms with Gasteiger partial charge in [0.1, 0.15) is 0 Å². The van der Waals surface area contributed by atoms with Crippen LogP contribution in [-0.2, 0) is 9.47 Å². The fourth-order valence-electron chi connectivity index (χ4n) is 2.21. The molecule has 0 saturated heterocycles. The molecule has 0 radical (unpaired) electrons. The highest BCUT2D eigenvalue weighted by Gasteiger charge is 2.14. The molecular formula is C20H43NO2. The van der Waals surface area contributed by atoms with Gasteiger partial charge in [0, 0.05) is 13.2 Å². The molecule has 0 rings (SSSR count). The van der Waals surface area contributed by atoms with Gasteiger partial charge in [0.15, 0.2) is 0 Å². The first-order chi connectivity index (χ1) is 10.9. The Balaban J connectivity index is 4.09. The van der Waals surface area contributed by atoms with Crippen molar-refractivity contribution in [2.45, 2.75) is 73.8 Å². The van der Waals surface area contributed by atoms with Gasteiger partial charge in [0.05, 0.1) is 19.3 Å². The number of hydrogen-bond acceptors (Lipinski definition) is 3. The number of ether oxygens (including phenoxy) is 2. The minimum Gasteiger partial charge on any atom is -0.380 e. The van der Waals surface area contributed by atoms with E-state index in [-0.39, 0.29) is 0 Å². The zero-order valence-corrected chi connectivity index (χ0v) is 16.9. The van der Waals surface area contributed by atoms with Crippen LogP contribution >= 0.6 is 0 Å². The van der Waals surface area contributed by atoms with Gasteiger partial charge >= 0.3 is 0 Å². The first-order valence-corrected chi connectivity index (χ1v) is 9.75. The first kappa shape index (κ1) is 22.9. The summed E-state index contributed by atoms with van der Waals surface area (Å²) in [6.45, 7) is 20.1. The second-order valence-electron chi connectivity index (χ2n) is 7.98. The average Bonchev–Trinajstić information content (AvgIpc) is 2.50. The lowest BCUT2D eigenvalue weighted by Gasteiger charge is -2.24. The van der Waals surface area contributed by atoms with Crippen LogP contribution < -0.4 is 5.32 Å². The van der Waals surface area contributed by atoms with Crippen LogP contribution in [0.1, 0.15) is 67.7 Å². The molecule has 3 nitrogen and oxygen atoms in total. The molecule has 0 aliphatic heterocycles. The van der Waals surface area contributed by atoms with Gasteiger partial charge in [-0.05, 0) is 43.1 Å². The minimum absolute atomic E-state index is 0.306. The molecule has 0 aromatic carbocycles. The maximum atomic E-state index is 5.86. The van der Waals surface area contributed by atoms with Gasteiger partial charge in [0.2, 0.25) is 0 Å². The molecule has 140 valence electrons. The van der Waals surface area contributed by atoms with Crippen LogP contribution in [0.4, 0.5) is 0 Å². The van der Waals surface area contributed by atoms with Crippen molar-refractivity contribution in [2.24, 2.45) is 23.7 Å². The van der Waals surface area contributed by atoms with Crippen LogP contribution in [0.2, 0.25) is 0 Å². The molecule has 0 heterocycles. The Morgan fingerprint density at radius 1 is 0.739 bits per heavy atom. The van der Waals surface area contributed by atoms with Crippen molar-refractivity contribution in [3.05, 3.63) is 0 Å². The Labute approximate surface area is 145 Å². The van der Waals surface area contributed by atoms with Crippen molar-refractivity contribution in [1.29, 1.82) is 0 Å². The fraction of sp³-hybridized carbons (Fsp3) is 1.00. The van der Waals surface area contributed by atoms with Crippen LogP contribution in [0.3, 0.4) is 0 Å². The van der Waals surface area contributed by atoms with Gasteiger partial charge in [-0.3, -0.25) is 0 Å². The summed E-state index contributed by atoms with van der Waals surface area (Å²) in [6.07, 6.45) is 3.50. The predicted octanol–water partition coefficient (Wildman–Crippen LogP) is 4.75. The van der Waals surface area contributed by atoms with Gasteiger partial charge in [-0.2, -0.15) is 0 Å². The number of hydrogen-bond donors (Lipinski definition) is 1. The quantitative estimate of drug-likeness (QED) is 0.440. The Kier molecular flexibility index (Phi) is 14.2. The Bertz CT molecular complexity index is 240. The zero-order valence-electron chi connectivity index (χ0n) is 16.9. The van der Waals surface area contributed by atoms with E-state index in [2.05, 4.69) is 53.8 Å². The van der Waals surface area contributed by atoms with Crippen LogP contribution in [0.25, 0.3) is 0 Å². The fourth-order valence-corrected chi connectivity index (χ4v) is 2.21. The number of nitrogens with one attached hydrogen (secondary N) is 1. The van der Waals surface area contributed by atoms with E-state index in [1.165, 1.54) is 6.42 Å². The summed E-state index contributed by atoms with van der Waals surface area (Å²) in [6, 6.07) is 0.306. The summed E-state index contributed by atoms with van der Waals surface area (Å²) in [5.74, 6) is 2.85. The van der Waals surface area contributed by atoms with Gasteiger partial charge in [-0.15, -0.1) is 0 Å². The molecule has 0 fully saturated rings. The van der Waals surface area contributed by atoms with Crippen molar-refractivity contribution in [3.8, 4) is 0 Å². The first-order valence-electron chi connectivity index (χ1n) is 9.75. The highest BCUT2D eigenvalue weighted by Crippen LogP contribution is 2.13. The largest absolute Gasteiger partial charge is 0.380 e. The van der Waals surface area contributed by atoms with E-state index in [1.807, 2.05) is 0 Å². The van der Waals surface area contributed by atoms with E-state index >= 15 is 0 Å². The summed E-state index contributed by atoms with van der Waals surface area (Å²) >= 11 is 0. The second-order valence-corrected chi connectivity index (χ2v) is 7.98. The summed E-state index contributed by atoms with van der Waals surface area (Å²) in [5.41, 5.74) is 0. The van der Waals surface area contributed by atoms with E-state index < -0.39 is 0 Å². The van der Waals surface area contributed by atoms with Gasteiger partial charge in [-0.1, -0.05) is 54.9 Å². The molecule has 0 aliphatic carbocycles. The standard InChI is InChI=1S/C20H43NO2/c1-8-18(6)19(7)13-21-20(14-22-11-9-16(2)3)15-23-12-10-17(4)5/h16-21H,8-15H2,1-7H3. The van der Waals surface area contributed by atoms with Crippen LogP contribution in [0.5, 0.6) is 0 Å². The van der Waals surface area contributed by atoms with E-state index in [0.717, 1.165) is 51.7 Å². The summed E-state index contributed by atoms with van der Waals surface area (Å²) < 4.78 is 11.7. The molecule has 0 aromatic heterocycles. The van der Waals surface area contributed by atoms with Crippen molar-refractivity contribution in [1.82, 2.24) is 5.32 Å². The highest BCUT2D eigenvalue weighted by molar-refractivity contribution is 4.70. The molecule has 23 heavy (non-hydrogen) atoms. The highest BCUT2D eigenvalue weighted by atomic mass is 16.5. The third-order valence-corrected chi connectivity index (χ3v) is 4.66. The lowest BCUT2D eigenvalue weighted by Crippen LogP contribution is -2.41. The Hall–Kier alpha value is -0.120. The molecular weight excluding hydrogens is 286 g/mol. The van der Waals surface area contributed by atoms with Crippen molar-refractivity contribution in [2.75, 3.05) is 33.0 Å². The van der Waals surface area contributed by atoms with Gasteiger partial charge in [-0.25, -0.2) is 0 Å². The normalized spacial score (nSPS) is 14.9. The molecule has 1 N–H and O–H groups in total. The molecule has 0 amide bonds. The monoisotopic (exact) mass is 329 g/mol. The third-order valence-electron chi connectivity index (χ3n) is 4.66. The molecule has 2 atom stereocenters. The maximum absolute atomic E-state index is 5.86. The molecule has 2 unspecified atom stereocenters. The summed E-state index contributed by atoms with van der Waals surface area (Å²) in [4.78, 5) is 0. The third kappa shape index (κ3) is 14.0. The predicted molar refractivity (Wildman–Crippen MR) is 101 cm³/mol. The Morgan fingerprint density at radius 3 is 1.61 bits per heavy atom. The van der Waals surface area contributed by atoms with Crippen LogP contribution in [0, 0.1) is 23.7 Å². The second kappa shape index (κ2) is 14.2. The van der Waals surface area contributed by atoms with Gasteiger partial charge in [0.25, 0.3) is 0 Å². The Morgan fingerprint density at radius 2 is 1.22 bits per heavy atom. The van der Waals surface area contributed by atoms with Crippen molar-refractivity contribution in [3.63, 3.8) is 0 Å². The van der Waals surface area contributed by atoms with Crippen molar-refractivity contribution >= 4 is 0 Å². The molecule has 3 heteroatoms. The topological polar surface area (TPSA) is 30.5 Å². The van der Waals surface area contributed by atoms with E-state index in [9.17, 15) is 0 Å². The summed E-state index contributed by atoms with van der Waals surface area (Å²) in [5, 5.41) is 3.66. The zero-order chi connectivity index (χ0) is 17.7. The van der Waals surface area contributed by atoms with Crippen molar-refractivity contribution < 1.29 is 9.47 Å². The lowest BCUT2D eigenvalue weighted by molar-refractivity contribution is 0.0471. The van der Waals surface area contributed by atoms with E-state index in [0.29, 0.717) is 23.8 Å². The smallest absolute Gasteiger partial charge is 0.0642 e. The molecule has 0 saturated carbocycles. The molecule has 0 aliphatic rings. The molecule has 0 spiro atoms. The maximum Gasteiger partial charge on any atom is 0.0642 e. The molecule has 0 aromatic rings.